The van der Waals surface area contributed by atoms with Crippen LogP contribution in [0.4, 0.5) is 4.39 Å². The molecule has 0 unspecified atom stereocenters. The van der Waals surface area contributed by atoms with E-state index in [0.717, 1.165) is 42.1 Å². The zero-order chi connectivity index (χ0) is 20.4. The zero-order valence-corrected chi connectivity index (χ0v) is 17.2. The number of aryl methyl sites for hydroxylation is 2. The molecule has 2 rings (SSSR count). The maximum atomic E-state index is 14.1. The van der Waals surface area contributed by atoms with E-state index in [-0.39, 0.29) is 17.2 Å². The summed E-state index contributed by atoms with van der Waals surface area (Å²) < 4.78 is 38.9. The van der Waals surface area contributed by atoms with Gasteiger partial charge in [0.2, 0.25) is 5.91 Å². The van der Waals surface area contributed by atoms with E-state index in [1.54, 1.807) is 6.92 Å². The molecule has 1 heterocycles. The van der Waals surface area contributed by atoms with Crippen LogP contribution in [0.1, 0.15) is 49.3 Å². The molecule has 1 aromatic heterocycles. The van der Waals surface area contributed by atoms with Crippen molar-refractivity contribution in [1.29, 1.82) is 0 Å². The molecule has 0 aliphatic rings. The van der Waals surface area contributed by atoms with Crippen molar-refractivity contribution in [2.75, 3.05) is 6.26 Å². The van der Waals surface area contributed by atoms with E-state index in [1.807, 2.05) is 25.6 Å². The zero-order valence-electron chi connectivity index (χ0n) is 16.3. The van der Waals surface area contributed by atoms with Crippen LogP contribution in [0.5, 0.6) is 0 Å². The molecule has 0 radical (unpaired) electrons. The fourth-order valence-electron chi connectivity index (χ4n) is 3.22. The summed E-state index contributed by atoms with van der Waals surface area (Å²) in [6.07, 6.45) is 2.68. The Labute approximate surface area is 159 Å². The van der Waals surface area contributed by atoms with Gasteiger partial charge in [-0.15, -0.1) is 0 Å². The van der Waals surface area contributed by atoms with E-state index in [4.69, 9.17) is 0 Å². The number of hydrogen-bond donors (Lipinski definition) is 1. The van der Waals surface area contributed by atoms with Crippen molar-refractivity contribution in [2.45, 2.75) is 51.0 Å². The Kier molecular flexibility index (Phi) is 6.41. The lowest BCUT2D eigenvalue weighted by atomic mass is 10.0. The molecule has 0 saturated heterocycles. The molecule has 0 aliphatic heterocycles. The number of hydrogen-bond acceptors (Lipinski definition) is 4. The normalized spacial score (nSPS) is 12.8. The third kappa shape index (κ3) is 4.74. The summed E-state index contributed by atoms with van der Waals surface area (Å²) in [4.78, 5) is 12.2. The minimum Gasteiger partial charge on any atom is -0.349 e. The van der Waals surface area contributed by atoms with Crippen molar-refractivity contribution < 1.29 is 17.6 Å². The summed E-state index contributed by atoms with van der Waals surface area (Å²) in [5, 5.41) is 7.31. The molecule has 0 aliphatic carbocycles. The minimum atomic E-state index is -3.62. The maximum absolute atomic E-state index is 14.1. The number of benzene rings is 1. The molecule has 1 atom stereocenters. The molecule has 0 saturated carbocycles. The first-order valence-corrected chi connectivity index (χ1v) is 10.8. The molecule has 2 aromatic rings. The average Bonchev–Trinajstić information content (AvgIpc) is 2.87. The summed E-state index contributed by atoms with van der Waals surface area (Å²) in [6.45, 7) is 5.75. The Morgan fingerprint density at radius 3 is 2.48 bits per heavy atom. The standard InChI is InChI=1S/C19H26FN3O3S/c1-6-16-14(17(7-2)23(4)22-16)11-19(24)21-12(3)13-8-9-18(15(20)10-13)27(5,25)26/h8-10,12H,6-7,11H2,1-5H3,(H,21,24)/t12-/m0/s1. The Morgan fingerprint density at radius 2 is 1.96 bits per heavy atom. The highest BCUT2D eigenvalue weighted by Crippen LogP contribution is 2.21. The quantitative estimate of drug-likeness (QED) is 0.781. The highest BCUT2D eigenvalue weighted by molar-refractivity contribution is 7.90. The molecule has 27 heavy (non-hydrogen) atoms. The largest absolute Gasteiger partial charge is 0.349 e. The first-order chi connectivity index (χ1) is 12.6. The molecular formula is C19H26FN3O3S. The molecule has 6 nitrogen and oxygen atoms in total. The topological polar surface area (TPSA) is 81.1 Å². The van der Waals surface area contributed by atoms with E-state index >= 15 is 0 Å². The molecule has 148 valence electrons. The summed E-state index contributed by atoms with van der Waals surface area (Å²) >= 11 is 0. The van der Waals surface area contributed by atoms with Gasteiger partial charge in [-0.1, -0.05) is 19.9 Å². The number of amides is 1. The van der Waals surface area contributed by atoms with Crippen molar-refractivity contribution >= 4 is 15.7 Å². The number of rotatable bonds is 7. The van der Waals surface area contributed by atoms with E-state index in [0.29, 0.717) is 5.56 Å². The van der Waals surface area contributed by atoms with E-state index < -0.39 is 21.7 Å². The summed E-state index contributed by atoms with van der Waals surface area (Å²) in [7, 11) is -1.76. The van der Waals surface area contributed by atoms with Crippen LogP contribution >= 0.6 is 0 Å². The molecular weight excluding hydrogens is 369 g/mol. The molecule has 0 fully saturated rings. The second-order valence-corrected chi connectivity index (χ2v) is 8.61. The highest BCUT2D eigenvalue weighted by Gasteiger charge is 2.20. The number of sulfone groups is 1. The molecule has 1 N–H and O–H groups in total. The molecule has 1 amide bonds. The SMILES string of the molecule is CCc1nn(C)c(CC)c1CC(=O)N[C@@H](C)c1ccc(S(C)(=O)=O)c(F)c1. The Hall–Kier alpha value is -2.22. The molecule has 0 spiro atoms. The van der Waals surface area contributed by atoms with Crippen molar-refractivity contribution in [3.8, 4) is 0 Å². The van der Waals surface area contributed by atoms with Crippen molar-refractivity contribution in [2.24, 2.45) is 7.05 Å². The summed E-state index contributed by atoms with van der Waals surface area (Å²) in [5.41, 5.74) is 3.37. The second kappa shape index (κ2) is 8.21. The van der Waals surface area contributed by atoms with Crippen LogP contribution in [-0.2, 0) is 40.9 Å². The monoisotopic (exact) mass is 395 g/mol. The van der Waals surface area contributed by atoms with Crippen LogP contribution in [-0.4, -0.2) is 30.4 Å². The van der Waals surface area contributed by atoms with E-state index in [9.17, 15) is 17.6 Å². The lowest BCUT2D eigenvalue weighted by molar-refractivity contribution is -0.121. The number of nitrogens with one attached hydrogen (secondary N) is 1. The minimum absolute atomic E-state index is 0.188. The van der Waals surface area contributed by atoms with Crippen LogP contribution in [0.15, 0.2) is 23.1 Å². The number of aromatic nitrogens is 2. The van der Waals surface area contributed by atoms with Crippen LogP contribution in [0.25, 0.3) is 0 Å². The van der Waals surface area contributed by atoms with Gasteiger partial charge in [-0.3, -0.25) is 9.48 Å². The van der Waals surface area contributed by atoms with Crippen molar-refractivity contribution in [1.82, 2.24) is 15.1 Å². The first-order valence-electron chi connectivity index (χ1n) is 8.90. The molecule has 1 aromatic carbocycles. The summed E-state index contributed by atoms with van der Waals surface area (Å²) in [5.74, 6) is -1.00. The third-order valence-electron chi connectivity index (χ3n) is 4.60. The van der Waals surface area contributed by atoms with Crippen molar-refractivity contribution in [3.05, 3.63) is 46.5 Å². The van der Waals surface area contributed by atoms with E-state index in [2.05, 4.69) is 10.4 Å². The predicted octanol–water partition coefficient (Wildman–Crippen LogP) is 2.51. The Morgan fingerprint density at radius 1 is 1.30 bits per heavy atom. The van der Waals surface area contributed by atoms with Gasteiger partial charge in [-0.05, 0) is 37.5 Å². The lowest BCUT2D eigenvalue weighted by Crippen LogP contribution is -2.28. The first kappa shape index (κ1) is 21.1. The number of nitrogens with zero attached hydrogens (tertiary/aromatic N) is 2. The van der Waals surface area contributed by atoms with Gasteiger partial charge in [0.05, 0.1) is 18.2 Å². The third-order valence-corrected chi connectivity index (χ3v) is 5.73. The summed E-state index contributed by atoms with van der Waals surface area (Å²) in [6, 6.07) is 3.45. The van der Waals surface area contributed by atoms with Gasteiger partial charge >= 0.3 is 0 Å². The smallest absolute Gasteiger partial charge is 0.225 e. The van der Waals surface area contributed by atoms with Gasteiger partial charge in [0.25, 0.3) is 0 Å². The van der Waals surface area contributed by atoms with E-state index in [1.165, 1.54) is 12.1 Å². The highest BCUT2D eigenvalue weighted by atomic mass is 32.2. The second-order valence-electron chi connectivity index (χ2n) is 6.63. The number of carbonyl (C=O) groups excluding carboxylic acids is 1. The maximum Gasteiger partial charge on any atom is 0.225 e. The molecule has 0 bridgehead atoms. The number of carbonyl (C=O) groups is 1. The van der Waals surface area contributed by atoms with Gasteiger partial charge in [0.15, 0.2) is 9.84 Å². The van der Waals surface area contributed by atoms with Crippen LogP contribution in [0.2, 0.25) is 0 Å². The van der Waals surface area contributed by atoms with Gasteiger partial charge in [0, 0.05) is 24.6 Å². The lowest BCUT2D eigenvalue weighted by Gasteiger charge is -2.15. The van der Waals surface area contributed by atoms with Gasteiger partial charge in [-0.25, -0.2) is 12.8 Å². The average molecular weight is 396 g/mol. The van der Waals surface area contributed by atoms with Gasteiger partial charge in [0.1, 0.15) is 10.7 Å². The number of halogens is 1. The fourth-order valence-corrected chi connectivity index (χ4v) is 3.95. The van der Waals surface area contributed by atoms with Gasteiger partial charge < -0.3 is 5.32 Å². The van der Waals surface area contributed by atoms with Gasteiger partial charge in [-0.2, -0.15) is 5.10 Å². The van der Waals surface area contributed by atoms with Crippen LogP contribution in [0.3, 0.4) is 0 Å². The Balaban J connectivity index is 2.16. The predicted molar refractivity (Wildman–Crippen MR) is 102 cm³/mol. The van der Waals surface area contributed by atoms with Crippen molar-refractivity contribution in [3.63, 3.8) is 0 Å². The van der Waals surface area contributed by atoms with Crippen LogP contribution < -0.4 is 5.32 Å². The van der Waals surface area contributed by atoms with Crippen LogP contribution in [0, 0.1) is 5.82 Å². The molecule has 8 heteroatoms. The Bertz CT molecular complexity index is 951. The fraction of sp³-hybridized carbons (Fsp3) is 0.474.